The number of benzene rings is 1. The van der Waals surface area contributed by atoms with E-state index in [9.17, 15) is 9.59 Å². The van der Waals surface area contributed by atoms with Crippen molar-refractivity contribution < 1.29 is 14.3 Å². The first-order valence-corrected chi connectivity index (χ1v) is 9.80. The first kappa shape index (κ1) is 18.7. The van der Waals surface area contributed by atoms with Crippen LogP contribution in [0.1, 0.15) is 45.4 Å². The van der Waals surface area contributed by atoms with Crippen molar-refractivity contribution >= 4 is 17.5 Å². The number of ether oxygens (including phenoxy) is 1. The molecule has 0 bridgehead atoms. The number of hydrogen-bond acceptors (Lipinski definition) is 3. The molecule has 5 heteroatoms. The van der Waals surface area contributed by atoms with Crippen LogP contribution in [0, 0.1) is 17.8 Å². The van der Waals surface area contributed by atoms with E-state index in [1.54, 1.807) is 7.11 Å². The smallest absolute Gasteiger partial charge is 0.227 e. The number of carbonyl (C=O) groups excluding carboxylic acids is 2. The van der Waals surface area contributed by atoms with Gasteiger partial charge in [0.25, 0.3) is 0 Å². The Bertz CT molecular complexity index is 638. The lowest BCUT2D eigenvalue weighted by atomic mass is 9.80. The fourth-order valence-corrected chi connectivity index (χ4v) is 4.20. The lowest BCUT2D eigenvalue weighted by Gasteiger charge is -2.35. The molecule has 1 aliphatic heterocycles. The molecule has 2 fully saturated rings. The van der Waals surface area contributed by atoms with E-state index >= 15 is 0 Å². The van der Waals surface area contributed by atoms with Gasteiger partial charge in [0, 0.05) is 36.7 Å². The van der Waals surface area contributed by atoms with E-state index in [0.717, 1.165) is 56.6 Å². The van der Waals surface area contributed by atoms with Crippen molar-refractivity contribution in [2.75, 3.05) is 25.5 Å². The van der Waals surface area contributed by atoms with Crippen LogP contribution in [0.3, 0.4) is 0 Å². The molecule has 1 saturated carbocycles. The van der Waals surface area contributed by atoms with Crippen LogP contribution < -0.4 is 10.1 Å². The van der Waals surface area contributed by atoms with E-state index in [-0.39, 0.29) is 17.7 Å². The summed E-state index contributed by atoms with van der Waals surface area (Å²) in [6, 6.07) is 7.41. The maximum absolute atomic E-state index is 12.7. The number of nitrogens with zero attached hydrogens (tertiary/aromatic N) is 1. The van der Waals surface area contributed by atoms with Gasteiger partial charge in [-0.3, -0.25) is 9.59 Å². The van der Waals surface area contributed by atoms with Gasteiger partial charge in [0.2, 0.25) is 11.8 Å². The minimum Gasteiger partial charge on any atom is -0.497 e. The molecule has 3 rings (SSSR count). The van der Waals surface area contributed by atoms with E-state index in [1.165, 1.54) is 6.42 Å². The average molecular weight is 358 g/mol. The molecule has 1 aliphatic carbocycles. The maximum atomic E-state index is 12.7. The Kier molecular flexibility index (Phi) is 6.17. The number of nitrogens with one attached hydrogen (secondary N) is 1. The number of carbonyl (C=O) groups is 2. The van der Waals surface area contributed by atoms with E-state index in [1.807, 2.05) is 24.3 Å². The number of hydrogen-bond donors (Lipinski definition) is 1. The molecule has 2 amide bonds. The van der Waals surface area contributed by atoms with Gasteiger partial charge in [-0.2, -0.15) is 0 Å². The van der Waals surface area contributed by atoms with Crippen LogP contribution in [-0.4, -0.2) is 36.9 Å². The van der Waals surface area contributed by atoms with Gasteiger partial charge in [-0.15, -0.1) is 0 Å². The summed E-state index contributed by atoms with van der Waals surface area (Å²) in [6.07, 6.45) is 5.55. The Morgan fingerprint density at radius 2 is 1.85 bits per heavy atom. The largest absolute Gasteiger partial charge is 0.497 e. The van der Waals surface area contributed by atoms with Gasteiger partial charge >= 0.3 is 0 Å². The minimum atomic E-state index is -0.00877. The van der Waals surface area contributed by atoms with E-state index in [4.69, 9.17) is 4.74 Å². The normalized spacial score (nSPS) is 26.2. The topological polar surface area (TPSA) is 58.6 Å². The number of rotatable bonds is 4. The molecule has 0 radical (unpaired) electrons. The Morgan fingerprint density at radius 3 is 2.54 bits per heavy atom. The van der Waals surface area contributed by atoms with Crippen LogP contribution in [-0.2, 0) is 9.59 Å². The third-order valence-corrected chi connectivity index (χ3v) is 5.75. The zero-order chi connectivity index (χ0) is 18.5. The van der Waals surface area contributed by atoms with Crippen molar-refractivity contribution in [2.45, 2.75) is 45.4 Å². The van der Waals surface area contributed by atoms with Gasteiger partial charge in [0.05, 0.1) is 7.11 Å². The summed E-state index contributed by atoms with van der Waals surface area (Å²) in [5.41, 5.74) is 0.759. The van der Waals surface area contributed by atoms with Crippen molar-refractivity contribution in [3.8, 4) is 5.75 Å². The number of methoxy groups -OCH3 is 1. The molecular formula is C21H30N2O3. The average Bonchev–Trinajstić information content (AvgIpc) is 2.67. The minimum absolute atomic E-state index is 0.00877. The maximum Gasteiger partial charge on any atom is 0.227 e. The zero-order valence-electron chi connectivity index (χ0n) is 15.9. The summed E-state index contributed by atoms with van der Waals surface area (Å²) in [5.74, 6) is 1.79. The molecule has 1 saturated heterocycles. The Labute approximate surface area is 156 Å². The van der Waals surface area contributed by atoms with Crippen molar-refractivity contribution in [3.05, 3.63) is 24.3 Å². The van der Waals surface area contributed by atoms with Gasteiger partial charge in [0.15, 0.2) is 0 Å². The second-order valence-electron chi connectivity index (χ2n) is 7.80. The predicted molar refractivity (Wildman–Crippen MR) is 102 cm³/mol. The molecule has 1 N–H and O–H groups in total. The van der Waals surface area contributed by atoms with Gasteiger partial charge in [-0.05, 0) is 56.6 Å². The van der Waals surface area contributed by atoms with Crippen LogP contribution in [0.4, 0.5) is 5.69 Å². The number of amides is 2. The lowest BCUT2D eigenvalue weighted by Crippen LogP contribution is -2.43. The lowest BCUT2D eigenvalue weighted by molar-refractivity contribution is -0.139. The van der Waals surface area contributed by atoms with Crippen molar-refractivity contribution in [1.82, 2.24) is 4.90 Å². The molecular weight excluding hydrogens is 328 g/mol. The summed E-state index contributed by atoms with van der Waals surface area (Å²) >= 11 is 0. The Morgan fingerprint density at radius 1 is 1.12 bits per heavy atom. The summed E-state index contributed by atoms with van der Waals surface area (Å²) in [5, 5.41) is 2.99. The number of piperidine rings is 1. The first-order valence-electron chi connectivity index (χ1n) is 9.80. The highest BCUT2D eigenvalue weighted by Crippen LogP contribution is 2.32. The van der Waals surface area contributed by atoms with Crippen LogP contribution >= 0.6 is 0 Å². The predicted octanol–water partition coefficient (Wildman–Crippen LogP) is 3.70. The highest BCUT2D eigenvalue weighted by Gasteiger charge is 2.33. The van der Waals surface area contributed by atoms with Crippen LogP contribution in [0.5, 0.6) is 5.75 Å². The molecule has 1 aromatic carbocycles. The van der Waals surface area contributed by atoms with Crippen molar-refractivity contribution in [2.24, 2.45) is 17.8 Å². The summed E-state index contributed by atoms with van der Waals surface area (Å²) in [6.45, 7) is 4.02. The molecule has 0 aromatic heterocycles. The third-order valence-electron chi connectivity index (χ3n) is 5.75. The molecule has 1 heterocycles. The monoisotopic (exact) mass is 358 g/mol. The Balaban J connectivity index is 1.49. The molecule has 142 valence electrons. The van der Waals surface area contributed by atoms with E-state index < -0.39 is 0 Å². The third kappa shape index (κ3) is 4.57. The highest BCUT2D eigenvalue weighted by atomic mass is 16.5. The highest BCUT2D eigenvalue weighted by molar-refractivity contribution is 5.93. The second kappa shape index (κ2) is 8.56. The zero-order valence-corrected chi connectivity index (χ0v) is 15.9. The molecule has 26 heavy (non-hydrogen) atoms. The number of anilines is 1. The Hall–Kier alpha value is -2.04. The van der Waals surface area contributed by atoms with Crippen molar-refractivity contribution in [3.63, 3.8) is 0 Å². The molecule has 0 spiro atoms. The van der Waals surface area contributed by atoms with Gasteiger partial charge in [-0.25, -0.2) is 0 Å². The number of likely N-dealkylation sites (tertiary alicyclic amines) is 1. The fourth-order valence-electron chi connectivity index (χ4n) is 4.20. The van der Waals surface area contributed by atoms with Gasteiger partial charge in [-0.1, -0.05) is 13.0 Å². The van der Waals surface area contributed by atoms with E-state index in [0.29, 0.717) is 11.8 Å². The summed E-state index contributed by atoms with van der Waals surface area (Å²) in [4.78, 5) is 27.3. The molecule has 1 aromatic rings. The SMILES string of the molecule is COc1cccc(NC(=O)C2CCC(C(=O)N3CCCC(C)C3)CC2)c1. The van der Waals surface area contributed by atoms with Crippen LogP contribution in [0.15, 0.2) is 24.3 Å². The van der Waals surface area contributed by atoms with Gasteiger partial charge in [0.1, 0.15) is 5.75 Å². The van der Waals surface area contributed by atoms with Gasteiger partial charge < -0.3 is 15.0 Å². The van der Waals surface area contributed by atoms with Crippen LogP contribution in [0.2, 0.25) is 0 Å². The fraction of sp³-hybridized carbons (Fsp3) is 0.619. The van der Waals surface area contributed by atoms with E-state index in [2.05, 4.69) is 17.1 Å². The summed E-state index contributed by atoms with van der Waals surface area (Å²) < 4.78 is 5.19. The molecule has 1 unspecified atom stereocenters. The standard InChI is InChI=1S/C21H30N2O3/c1-15-5-4-12-23(14-15)21(25)17-10-8-16(9-11-17)20(24)22-18-6-3-7-19(13-18)26-2/h3,6-7,13,15-17H,4-5,8-12,14H2,1-2H3,(H,22,24). The molecule has 1 atom stereocenters. The second-order valence-corrected chi connectivity index (χ2v) is 7.80. The summed E-state index contributed by atoms with van der Waals surface area (Å²) in [7, 11) is 1.61. The molecule has 2 aliphatic rings. The van der Waals surface area contributed by atoms with Crippen LogP contribution in [0.25, 0.3) is 0 Å². The first-order chi connectivity index (χ1) is 12.6. The quantitative estimate of drug-likeness (QED) is 0.893. The van der Waals surface area contributed by atoms with Crippen molar-refractivity contribution in [1.29, 1.82) is 0 Å². The molecule has 5 nitrogen and oxygen atoms in total.